The second-order valence-corrected chi connectivity index (χ2v) is 8.57. The first-order valence-electron chi connectivity index (χ1n) is 7.94. The van der Waals surface area contributed by atoms with Crippen LogP contribution in [0.5, 0.6) is 0 Å². The highest BCUT2D eigenvalue weighted by atomic mass is 35.5. The number of nitrogens with zero attached hydrogens (tertiary/aromatic N) is 3. The van der Waals surface area contributed by atoms with Gasteiger partial charge in [0, 0.05) is 19.3 Å². The molecule has 128 valence electrons. The van der Waals surface area contributed by atoms with Crippen LogP contribution in [0.3, 0.4) is 0 Å². The van der Waals surface area contributed by atoms with E-state index in [1.54, 1.807) is 0 Å². The van der Waals surface area contributed by atoms with Crippen molar-refractivity contribution < 1.29 is 8.42 Å². The average Bonchev–Trinajstić information content (AvgIpc) is 2.55. The van der Waals surface area contributed by atoms with Gasteiger partial charge in [0.25, 0.3) is 0 Å². The number of aromatic nitrogens is 2. The largest absolute Gasteiger partial charge is 0.356 e. The Morgan fingerprint density at radius 1 is 1.12 bits per heavy atom. The zero-order valence-corrected chi connectivity index (χ0v) is 15.3. The number of rotatable bonds is 3. The molecule has 0 atom stereocenters. The van der Waals surface area contributed by atoms with E-state index in [2.05, 4.69) is 21.8 Å². The van der Waals surface area contributed by atoms with E-state index in [4.69, 9.17) is 11.6 Å². The van der Waals surface area contributed by atoms with Crippen LogP contribution in [0.2, 0.25) is 5.15 Å². The lowest BCUT2D eigenvalue weighted by Crippen LogP contribution is -2.34. The van der Waals surface area contributed by atoms with Gasteiger partial charge >= 0.3 is 0 Å². The summed E-state index contributed by atoms with van der Waals surface area (Å²) in [5.41, 5.74) is 1.58. The van der Waals surface area contributed by atoms with Crippen molar-refractivity contribution in [3.63, 3.8) is 0 Å². The molecule has 2 heterocycles. The molecule has 1 aliphatic heterocycles. The lowest BCUT2D eigenvalue weighted by molar-refractivity contribution is 0.436. The molecular weight excluding hydrogens is 346 g/mol. The zero-order valence-electron chi connectivity index (χ0n) is 13.7. The Hall–Kier alpha value is -1.66. The Balaban J connectivity index is 2.17. The standard InChI is InChI=1S/C17H20ClN3O2S/c1-12-8-10-21(11-9-12)16-14(13-6-4-3-5-7-13)15(18)19-17(20-16)24(2,22)23/h3-7,12H,8-11H2,1-2H3. The van der Waals surface area contributed by atoms with Gasteiger partial charge in [-0.3, -0.25) is 0 Å². The lowest BCUT2D eigenvalue weighted by Gasteiger charge is -2.32. The molecule has 1 aromatic carbocycles. The van der Waals surface area contributed by atoms with Gasteiger partial charge in [-0.15, -0.1) is 0 Å². The summed E-state index contributed by atoms with van der Waals surface area (Å²) < 4.78 is 23.8. The minimum atomic E-state index is -3.53. The predicted octanol–water partition coefficient (Wildman–Crippen LogP) is 3.44. The highest BCUT2D eigenvalue weighted by Crippen LogP contribution is 2.36. The van der Waals surface area contributed by atoms with E-state index in [9.17, 15) is 8.42 Å². The molecule has 0 bridgehead atoms. The van der Waals surface area contributed by atoms with Crippen LogP contribution in [-0.2, 0) is 9.84 Å². The third kappa shape index (κ3) is 3.54. The van der Waals surface area contributed by atoms with Gasteiger partial charge in [0.05, 0.1) is 5.56 Å². The van der Waals surface area contributed by atoms with Crippen molar-refractivity contribution >= 4 is 27.3 Å². The smallest absolute Gasteiger partial charge is 0.250 e. The van der Waals surface area contributed by atoms with Crippen LogP contribution in [0.4, 0.5) is 5.82 Å². The van der Waals surface area contributed by atoms with Gasteiger partial charge < -0.3 is 4.90 Å². The predicted molar refractivity (Wildman–Crippen MR) is 96.2 cm³/mol. The average molecular weight is 366 g/mol. The van der Waals surface area contributed by atoms with Crippen LogP contribution in [0.25, 0.3) is 11.1 Å². The van der Waals surface area contributed by atoms with Crippen molar-refractivity contribution in [2.75, 3.05) is 24.2 Å². The zero-order chi connectivity index (χ0) is 17.3. The van der Waals surface area contributed by atoms with Crippen LogP contribution >= 0.6 is 11.6 Å². The Bertz CT molecular complexity index is 832. The van der Waals surface area contributed by atoms with Crippen LogP contribution in [-0.4, -0.2) is 37.7 Å². The Morgan fingerprint density at radius 2 is 1.75 bits per heavy atom. The highest BCUT2D eigenvalue weighted by Gasteiger charge is 2.25. The molecule has 0 N–H and O–H groups in total. The van der Waals surface area contributed by atoms with Crippen molar-refractivity contribution in [2.45, 2.75) is 24.9 Å². The van der Waals surface area contributed by atoms with Crippen molar-refractivity contribution in [3.8, 4) is 11.1 Å². The maximum Gasteiger partial charge on any atom is 0.250 e. The van der Waals surface area contributed by atoms with Gasteiger partial charge in [-0.2, -0.15) is 0 Å². The topological polar surface area (TPSA) is 63.2 Å². The SMILES string of the molecule is CC1CCN(c2nc(S(C)(=O)=O)nc(Cl)c2-c2ccccc2)CC1. The monoisotopic (exact) mass is 365 g/mol. The Labute approximate surface area is 147 Å². The number of anilines is 1. The van der Waals surface area contributed by atoms with Crippen LogP contribution in [0.1, 0.15) is 19.8 Å². The molecule has 24 heavy (non-hydrogen) atoms. The fourth-order valence-electron chi connectivity index (χ4n) is 2.87. The molecule has 5 nitrogen and oxygen atoms in total. The molecule has 0 spiro atoms. The van der Waals surface area contributed by atoms with E-state index in [0.29, 0.717) is 17.3 Å². The highest BCUT2D eigenvalue weighted by molar-refractivity contribution is 7.90. The van der Waals surface area contributed by atoms with Crippen molar-refractivity contribution in [1.29, 1.82) is 0 Å². The van der Waals surface area contributed by atoms with E-state index in [0.717, 1.165) is 37.8 Å². The molecule has 0 amide bonds. The lowest BCUT2D eigenvalue weighted by atomic mass is 9.98. The molecule has 2 aromatic rings. The summed E-state index contributed by atoms with van der Waals surface area (Å²) >= 11 is 6.38. The molecule has 0 unspecified atom stereocenters. The summed E-state index contributed by atoms with van der Waals surface area (Å²) in [5, 5.41) is -0.0500. The number of hydrogen-bond acceptors (Lipinski definition) is 5. The summed E-state index contributed by atoms with van der Waals surface area (Å²) in [5.74, 6) is 1.27. The number of halogens is 1. The Morgan fingerprint density at radius 3 is 2.33 bits per heavy atom. The molecule has 1 aliphatic rings. The molecule has 0 saturated carbocycles. The summed E-state index contributed by atoms with van der Waals surface area (Å²) in [4.78, 5) is 10.5. The van der Waals surface area contributed by atoms with Crippen molar-refractivity contribution in [1.82, 2.24) is 9.97 Å². The molecule has 0 aliphatic carbocycles. The number of piperidine rings is 1. The number of sulfone groups is 1. The first kappa shape index (κ1) is 17.2. The van der Waals surface area contributed by atoms with Gasteiger partial charge in [0.2, 0.25) is 15.0 Å². The molecule has 1 saturated heterocycles. The minimum absolute atomic E-state index is 0.172. The minimum Gasteiger partial charge on any atom is -0.356 e. The normalized spacial score (nSPS) is 16.4. The fourth-order valence-corrected chi connectivity index (χ4v) is 3.70. The first-order chi connectivity index (χ1) is 11.4. The summed E-state index contributed by atoms with van der Waals surface area (Å²) in [7, 11) is -3.53. The van der Waals surface area contributed by atoms with Gasteiger partial charge in [0.1, 0.15) is 11.0 Å². The molecule has 1 fully saturated rings. The quantitative estimate of drug-likeness (QED) is 0.615. The van der Waals surface area contributed by atoms with E-state index in [-0.39, 0.29) is 10.3 Å². The third-order valence-corrected chi connectivity index (χ3v) is 5.42. The van der Waals surface area contributed by atoms with E-state index in [1.807, 2.05) is 30.3 Å². The molecule has 3 rings (SSSR count). The van der Waals surface area contributed by atoms with E-state index in [1.165, 1.54) is 0 Å². The van der Waals surface area contributed by atoms with Gasteiger partial charge in [-0.25, -0.2) is 18.4 Å². The van der Waals surface area contributed by atoms with Crippen molar-refractivity contribution in [3.05, 3.63) is 35.5 Å². The summed E-state index contributed by atoms with van der Waals surface area (Å²) in [6.45, 7) is 3.89. The van der Waals surface area contributed by atoms with Crippen LogP contribution in [0.15, 0.2) is 35.5 Å². The molecule has 1 aromatic heterocycles. The van der Waals surface area contributed by atoms with Gasteiger partial charge in [-0.1, -0.05) is 48.9 Å². The molecule has 7 heteroatoms. The van der Waals surface area contributed by atoms with Crippen LogP contribution < -0.4 is 4.90 Å². The maximum absolute atomic E-state index is 11.9. The molecular formula is C17H20ClN3O2S. The van der Waals surface area contributed by atoms with Gasteiger partial charge in [0.15, 0.2) is 0 Å². The Kier molecular flexibility index (Phi) is 4.78. The van der Waals surface area contributed by atoms with Crippen molar-refractivity contribution in [2.24, 2.45) is 5.92 Å². The second-order valence-electron chi connectivity index (χ2n) is 6.30. The van der Waals surface area contributed by atoms with E-state index < -0.39 is 9.84 Å². The fraction of sp³-hybridized carbons (Fsp3) is 0.412. The van der Waals surface area contributed by atoms with E-state index >= 15 is 0 Å². The maximum atomic E-state index is 11.9. The van der Waals surface area contributed by atoms with Gasteiger partial charge in [-0.05, 0) is 24.3 Å². The first-order valence-corrected chi connectivity index (χ1v) is 10.2. The third-order valence-electron chi connectivity index (χ3n) is 4.30. The second kappa shape index (κ2) is 6.69. The summed E-state index contributed by atoms with van der Waals surface area (Å²) in [6.07, 6.45) is 3.19. The number of hydrogen-bond donors (Lipinski definition) is 0. The molecule has 0 radical (unpaired) electrons. The summed E-state index contributed by atoms with van der Waals surface area (Å²) in [6, 6.07) is 9.61. The van der Waals surface area contributed by atoms with Crippen LogP contribution in [0, 0.1) is 5.92 Å². The number of benzene rings is 1.